The second-order valence-electron chi connectivity index (χ2n) is 5.03. The van der Waals surface area contributed by atoms with Crippen LogP contribution in [0, 0.1) is 0 Å². The van der Waals surface area contributed by atoms with Crippen LogP contribution in [0.3, 0.4) is 0 Å². The van der Waals surface area contributed by atoms with Crippen molar-refractivity contribution in [1.29, 1.82) is 0 Å². The highest BCUT2D eigenvalue weighted by Gasteiger charge is 2.42. The van der Waals surface area contributed by atoms with Gasteiger partial charge in [0, 0.05) is 0 Å². The van der Waals surface area contributed by atoms with Crippen LogP contribution in [0.5, 0.6) is 0 Å². The van der Waals surface area contributed by atoms with Gasteiger partial charge in [-0.2, -0.15) is 0 Å². The fourth-order valence-electron chi connectivity index (χ4n) is 2.74. The molecule has 1 atom stereocenters. The summed E-state index contributed by atoms with van der Waals surface area (Å²) >= 11 is 0. The van der Waals surface area contributed by atoms with Gasteiger partial charge in [0.05, 0.1) is 5.57 Å². The molecule has 0 bridgehead atoms. The molecule has 0 saturated heterocycles. The van der Waals surface area contributed by atoms with Crippen LogP contribution in [0.2, 0.25) is 0 Å². The van der Waals surface area contributed by atoms with Gasteiger partial charge in [-0.3, -0.25) is 4.79 Å². The number of amides is 1. The summed E-state index contributed by atoms with van der Waals surface area (Å²) in [4.78, 5) is 12.2. The van der Waals surface area contributed by atoms with Crippen LogP contribution in [0.1, 0.15) is 45.1 Å². The minimum Gasteiger partial charge on any atom is -0.367 e. The van der Waals surface area contributed by atoms with Crippen molar-refractivity contribution in [3.05, 3.63) is 41.5 Å². The lowest BCUT2D eigenvalue weighted by Crippen LogP contribution is -2.44. The van der Waals surface area contributed by atoms with E-state index in [0.717, 1.165) is 30.4 Å². The molecule has 0 radical (unpaired) electrons. The van der Waals surface area contributed by atoms with E-state index in [4.69, 9.17) is 0 Å². The number of nitrogens with one attached hydrogen (secondary N) is 1. The maximum atomic E-state index is 12.2. The predicted octanol–water partition coefficient (Wildman–Crippen LogP) is 2.86. The SMILES string of the molecule is CCCC1=C(c2ccccc2)C(=O)NC1(O)CCC. The zero-order valence-electron chi connectivity index (χ0n) is 11.6. The summed E-state index contributed by atoms with van der Waals surface area (Å²) in [6.45, 7) is 4.07. The van der Waals surface area contributed by atoms with Gasteiger partial charge in [-0.05, 0) is 24.0 Å². The van der Waals surface area contributed by atoms with E-state index in [1.54, 1.807) is 0 Å². The Morgan fingerprint density at radius 3 is 2.42 bits per heavy atom. The predicted molar refractivity (Wildman–Crippen MR) is 76.3 cm³/mol. The molecule has 0 saturated carbocycles. The van der Waals surface area contributed by atoms with E-state index in [1.165, 1.54) is 0 Å². The number of carbonyl (C=O) groups excluding carboxylic acids is 1. The number of carbonyl (C=O) groups is 1. The zero-order chi connectivity index (χ0) is 13.9. The molecule has 102 valence electrons. The van der Waals surface area contributed by atoms with E-state index in [-0.39, 0.29) is 5.91 Å². The third kappa shape index (κ3) is 2.56. The lowest BCUT2D eigenvalue weighted by molar-refractivity contribution is -0.119. The van der Waals surface area contributed by atoms with Gasteiger partial charge >= 0.3 is 0 Å². The van der Waals surface area contributed by atoms with Crippen LogP contribution in [-0.2, 0) is 4.79 Å². The minimum absolute atomic E-state index is 0.161. The average Bonchev–Trinajstić information content (AvgIpc) is 2.63. The van der Waals surface area contributed by atoms with Gasteiger partial charge in [0.25, 0.3) is 5.91 Å². The third-order valence-electron chi connectivity index (χ3n) is 3.52. The minimum atomic E-state index is -1.16. The van der Waals surface area contributed by atoms with Crippen molar-refractivity contribution in [3.63, 3.8) is 0 Å². The highest BCUT2D eigenvalue weighted by molar-refractivity contribution is 6.23. The van der Waals surface area contributed by atoms with Crippen LogP contribution in [0.4, 0.5) is 0 Å². The van der Waals surface area contributed by atoms with E-state index in [0.29, 0.717) is 12.0 Å². The first-order valence-corrected chi connectivity index (χ1v) is 6.96. The summed E-state index contributed by atoms with van der Waals surface area (Å²) in [5.41, 5.74) is 1.22. The smallest absolute Gasteiger partial charge is 0.254 e. The molecule has 2 rings (SSSR count). The van der Waals surface area contributed by atoms with Crippen molar-refractivity contribution in [2.75, 3.05) is 0 Å². The summed E-state index contributed by atoms with van der Waals surface area (Å²) in [7, 11) is 0. The summed E-state index contributed by atoms with van der Waals surface area (Å²) in [5, 5.41) is 13.5. The lowest BCUT2D eigenvalue weighted by atomic mass is 9.91. The molecule has 1 aromatic rings. The summed E-state index contributed by atoms with van der Waals surface area (Å²) in [6.07, 6.45) is 3.03. The van der Waals surface area contributed by atoms with Crippen molar-refractivity contribution in [2.45, 2.75) is 45.3 Å². The van der Waals surface area contributed by atoms with Crippen LogP contribution in [0.15, 0.2) is 35.9 Å². The van der Waals surface area contributed by atoms with E-state index in [9.17, 15) is 9.90 Å². The number of hydrogen-bond acceptors (Lipinski definition) is 2. The van der Waals surface area contributed by atoms with E-state index in [2.05, 4.69) is 12.2 Å². The second kappa shape index (κ2) is 5.57. The van der Waals surface area contributed by atoms with Crippen molar-refractivity contribution in [2.24, 2.45) is 0 Å². The molecule has 2 N–H and O–H groups in total. The van der Waals surface area contributed by atoms with E-state index < -0.39 is 5.72 Å². The monoisotopic (exact) mass is 259 g/mol. The molecule has 3 nitrogen and oxygen atoms in total. The summed E-state index contributed by atoms with van der Waals surface area (Å²) in [5.74, 6) is -0.161. The Hall–Kier alpha value is -1.61. The molecule has 1 heterocycles. The topological polar surface area (TPSA) is 49.3 Å². The van der Waals surface area contributed by atoms with Gasteiger partial charge in [-0.25, -0.2) is 0 Å². The van der Waals surface area contributed by atoms with Gasteiger partial charge in [0.15, 0.2) is 5.72 Å². The molecule has 1 aliphatic rings. The number of benzene rings is 1. The number of rotatable bonds is 5. The normalized spacial score (nSPS) is 22.8. The average molecular weight is 259 g/mol. The van der Waals surface area contributed by atoms with E-state index in [1.807, 2.05) is 37.3 Å². The quantitative estimate of drug-likeness (QED) is 0.854. The van der Waals surface area contributed by atoms with Gasteiger partial charge in [-0.1, -0.05) is 57.0 Å². The molecule has 0 spiro atoms. The summed E-state index contributed by atoms with van der Waals surface area (Å²) < 4.78 is 0. The highest BCUT2D eigenvalue weighted by atomic mass is 16.3. The van der Waals surface area contributed by atoms with Crippen molar-refractivity contribution >= 4 is 11.5 Å². The first-order chi connectivity index (χ1) is 9.12. The van der Waals surface area contributed by atoms with Crippen LogP contribution in [0.25, 0.3) is 5.57 Å². The first kappa shape index (κ1) is 13.8. The lowest BCUT2D eigenvalue weighted by Gasteiger charge is -2.26. The van der Waals surface area contributed by atoms with Crippen LogP contribution >= 0.6 is 0 Å². The Labute approximate surface area is 114 Å². The van der Waals surface area contributed by atoms with Crippen molar-refractivity contribution in [1.82, 2.24) is 5.32 Å². The fourth-order valence-corrected chi connectivity index (χ4v) is 2.74. The second-order valence-corrected chi connectivity index (χ2v) is 5.03. The number of hydrogen-bond donors (Lipinski definition) is 2. The van der Waals surface area contributed by atoms with Gasteiger partial charge in [0.1, 0.15) is 0 Å². The largest absolute Gasteiger partial charge is 0.367 e. The van der Waals surface area contributed by atoms with E-state index >= 15 is 0 Å². The maximum Gasteiger partial charge on any atom is 0.254 e. The Morgan fingerprint density at radius 1 is 1.16 bits per heavy atom. The Morgan fingerprint density at radius 2 is 1.84 bits per heavy atom. The molecular formula is C16H21NO2. The Kier molecular flexibility index (Phi) is 4.05. The highest BCUT2D eigenvalue weighted by Crippen LogP contribution is 2.37. The molecule has 3 heteroatoms. The molecule has 1 aliphatic heterocycles. The fraction of sp³-hybridized carbons (Fsp3) is 0.438. The first-order valence-electron chi connectivity index (χ1n) is 6.96. The molecule has 1 aromatic carbocycles. The zero-order valence-corrected chi connectivity index (χ0v) is 11.6. The van der Waals surface area contributed by atoms with Crippen LogP contribution in [-0.4, -0.2) is 16.7 Å². The van der Waals surface area contributed by atoms with Crippen molar-refractivity contribution in [3.8, 4) is 0 Å². The van der Waals surface area contributed by atoms with Gasteiger partial charge in [0.2, 0.25) is 0 Å². The molecule has 1 amide bonds. The molecular weight excluding hydrogens is 238 g/mol. The number of aliphatic hydroxyl groups is 1. The van der Waals surface area contributed by atoms with Gasteiger partial charge in [-0.15, -0.1) is 0 Å². The molecule has 0 aliphatic carbocycles. The molecule has 0 fully saturated rings. The molecule has 1 unspecified atom stereocenters. The Balaban J connectivity index is 2.51. The van der Waals surface area contributed by atoms with Gasteiger partial charge < -0.3 is 10.4 Å². The Bertz CT molecular complexity index is 493. The third-order valence-corrected chi connectivity index (χ3v) is 3.52. The molecule has 19 heavy (non-hydrogen) atoms. The standard InChI is InChI=1S/C16H21NO2/c1-3-8-13-14(12-9-6-5-7-10-12)15(18)17-16(13,19)11-4-2/h5-7,9-10,19H,3-4,8,11H2,1-2H3,(H,17,18). The molecule has 0 aromatic heterocycles. The maximum absolute atomic E-state index is 12.2. The van der Waals surface area contributed by atoms with Crippen LogP contribution < -0.4 is 5.32 Å². The summed E-state index contributed by atoms with van der Waals surface area (Å²) in [6, 6.07) is 9.59. The van der Waals surface area contributed by atoms with Crippen molar-refractivity contribution < 1.29 is 9.90 Å².